The van der Waals surface area contributed by atoms with E-state index in [1.165, 1.54) is 20.5 Å². The smallest absolute Gasteiger partial charge is 0.346 e. The SMILES string of the molecule is CCOC(=O)c1c(NCc2ccc(OCOC)c(OCOC)c2)c2c(C)ncnc2n(OCc2ccccc2)c1=O. The number of esters is 1. The first-order valence-electron chi connectivity index (χ1n) is 12.8. The van der Waals surface area contributed by atoms with E-state index in [1.807, 2.05) is 36.4 Å². The Balaban J connectivity index is 1.77. The van der Waals surface area contributed by atoms with Gasteiger partial charge in [0.25, 0.3) is 0 Å². The van der Waals surface area contributed by atoms with Gasteiger partial charge in [-0.25, -0.2) is 14.8 Å². The average molecular weight is 565 g/mol. The monoisotopic (exact) mass is 564 g/mol. The van der Waals surface area contributed by atoms with E-state index in [9.17, 15) is 9.59 Å². The topological polar surface area (TPSA) is 132 Å². The summed E-state index contributed by atoms with van der Waals surface area (Å²) in [5.41, 5.74) is 1.65. The van der Waals surface area contributed by atoms with Crippen molar-refractivity contribution in [3.05, 3.63) is 87.6 Å². The van der Waals surface area contributed by atoms with Gasteiger partial charge in [0.15, 0.2) is 36.3 Å². The van der Waals surface area contributed by atoms with E-state index in [0.717, 1.165) is 15.9 Å². The molecule has 2 heterocycles. The third-order valence-corrected chi connectivity index (χ3v) is 5.93. The summed E-state index contributed by atoms with van der Waals surface area (Å²) in [6.07, 6.45) is 1.34. The highest BCUT2D eigenvalue weighted by Gasteiger charge is 2.26. The normalized spacial score (nSPS) is 10.8. The predicted octanol–water partition coefficient (Wildman–Crippen LogP) is 3.48. The number of carbonyl (C=O) groups excluding carboxylic acids is 1. The van der Waals surface area contributed by atoms with Gasteiger partial charge in [-0.05, 0) is 37.1 Å². The summed E-state index contributed by atoms with van der Waals surface area (Å²) in [6.45, 7) is 3.84. The first-order chi connectivity index (χ1) is 20.0. The second-order valence-corrected chi connectivity index (χ2v) is 8.72. The second kappa shape index (κ2) is 14.1. The van der Waals surface area contributed by atoms with E-state index in [2.05, 4.69) is 15.3 Å². The Bertz CT molecular complexity index is 1540. The number of nitrogens with one attached hydrogen (secondary N) is 1. The van der Waals surface area contributed by atoms with Crippen LogP contribution in [0.2, 0.25) is 0 Å². The number of fused-ring (bicyclic) bond motifs is 1. The minimum absolute atomic E-state index is 0.00953. The van der Waals surface area contributed by atoms with Crippen LogP contribution in [0.5, 0.6) is 11.5 Å². The summed E-state index contributed by atoms with van der Waals surface area (Å²) in [5, 5.41) is 3.68. The summed E-state index contributed by atoms with van der Waals surface area (Å²) >= 11 is 0. The third-order valence-electron chi connectivity index (χ3n) is 5.93. The Morgan fingerprint density at radius 2 is 1.68 bits per heavy atom. The predicted molar refractivity (Wildman–Crippen MR) is 150 cm³/mol. The summed E-state index contributed by atoms with van der Waals surface area (Å²) in [5.74, 6) is 0.102. The molecule has 2 aromatic heterocycles. The fourth-order valence-corrected chi connectivity index (χ4v) is 4.07. The zero-order valence-corrected chi connectivity index (χ0v) is 23.3. The average Bonchev–Trinajstić information content (AvgIpc) is 2.98. The lowest BCUT2D eigenvalue weighted by Gasteiger charge is -2.19. The van der Waals surface area contributed by atoms with Crippen LogP contribution in [0.25, 0.3) is 11.0 Å². The molecule has 12 heteroatoms. The molecule has 0 saturated heterocycles. The zero-order valence-electron chi connectivity index (χ0n) is 23.3. The molecular formula is C29H32N4O8. The molecule has 2 aromatic carbocycles. The van der Waals surface area contributed by atoms with Crippen LogP contribution in [0.15, 0.2) is 59.7 Å². The molecule has 41 heavy (non-hydrogen) atoms. The molecular weight excluding hydrogens is 532 g/mol. The Kier molecular flexibility index (Phi) is 10.1. The first-order valence-corrected chi connectivity index (χ1v) is 12.8. The molecule has 0 radical (unpaired) electrons. The number of methoxy groups -OCH3 is 2. The van der Waals surface area contributed by atoms with Gasteiger partial charge < -0.3 is 33.8 Å². The number of nitrogens with zero attached hydrogens (tertiary/aromatic N) is 3. The van der Waals surface area contributed by atoms with Gasteiger partial charge in [-0.1, -0.05) is 36.4 Å². The fourth-order valence-electron chi connectivity index (χ4n) is 4.07. The van der Waals surface area contributed by atoms with Crippen molar-refractivity contribution in [1.29, 1.82) is 0 Å². The highest BCUT2D eigenvalue weighted by Crippen LogP contribution is 2.31. The van der Waals surface area contributed by atoms with Crippen molar-refractivity contribution in [3.63, 3.8) is 0 Å². The van der Waals surface area contributed by atoms with E-state index in [0.29, 0.717) is 22.6 Å². The lowest BCUT2D eigenvalue weighted by atomic mass is 10.1. The van der Waals surface area contributed by atoms with Crippen molar-refractivity contribution in [2.45, 2.75) is 27.0 Å². The Morgan fingerprint density at radius 3 is 2.39 bits per heavy atom. The number of rotatable bonds is 14. The van der Waals surface area contributed by atoms with E-state index < -0.39 is 11.5 Å². The van der Waals surface area contributed by atoms with Crippen LogP contribution in [0.3, 0.4) is 0 Å². The number of pyridine rings is 1. The lowest BCUT2D eigenvalue weighted by molar-refractivity contribution is 0.0322. The van der Waals surface area contributed by atoms with Crippen LogP contribution in [-0.2, 0) is 27.4 Å². The summed E-state index contributed by atoms with van der Waals surface area (Å²) in [7, 11) is 3.03. The number of benzene rings is 2. The maximum Gasteiger partial charge on any atom is 0.346 e. The highest BCUT2D eigenvalue weighted by molar-refractivity contribution is 6.04. The zero-order chi connectivity index (χ0) is 29.2. The van der Waals surface area contributed by atoms with Gasteiger partial charge in [-0.15, -0.1) is 4.73 Å². The quantitative estimate of drug-likeness (QED) is 0.178. The molecule has 0 saturated carbocycles. The molecule has 0 aliphatic rings. The largest absolute Gasteiger partial charge is 0.464 e. The number of aromatic nitrogens is 3. The number of hydrogen-bond donors (Lipinski definition) is 1. The van der Waals surface area contributed by atoms with Gasteiger partial charge in [0, 0.05) is 20.8 Å². The highest BCUT2D eigenvalue weighted by atomic mass is 16.7. The van der Waals surface area contributed by atoms with E-state index in [4.69, 9.17) is 28.5 Å². The maximum absolute atomic E-state index is 13.8. The van der Waals surface area contributed by atoms with Gasteiger partial charge >= 0.3 is 11.5 Å². The van der Waals surface area contributed by atoms with Crippen LogP contribution in [0.4, 0.5) is 5.69 Å². The summed E-state index contributed by atoms with van der Waals surface area (Å²) in [6, 6.07) is 14.7. The van der Waals surface area contributed by atoms with Gasteiger partial charge in [-0.2, -0.15) is 0 Å². The Morgan fingerprint density at radius 1 is 0.951 bits per heavy atom. The van der Waals surface area contributed by atoms with Crippen molar-refractivity contribution < 1.29 is 33.3 Å². The third kappa shape index (κ3) is 6.91. The van der Waals surface area contributed by atoms with Crippen LogP contribution >= 0.6 is 0 Å². The molecule has 4 rings (SSSR count). The standard InChI is InChI=1S/C29H32N4O8/c1-5-38-29(35)25-26(30-14-21-11-12-22(39-17-36-3)23(13-21)40-18-37-4)24-19(2)31-16-32-27(24)33(28(25)34)41-15-20-9-7-6-8-10-20/h6-13,16,30H,5,14-15,17-18H2,1-4H3. The van der Waals surface area contributed by atoms with E-state index >= 15 is 0 Å². The van der Waals surface area contributed by atoms with Gasteiger partial charge in [0.05, 0.1) is 23.4 Å². The molecule has 0 atom stereocenters. The van der Waals surface area contributed by atoms with Crippen LogP contribution in [0.1, 0.15) is 34.1 Å². The molecule has 216 valence electrons. The molecule has 1 N–H and O–H groups in total. The van der Waals surface area contributed by atoms with Crippen molar-refractivity contribution in [2.75, 3.05) is 39.7 Å². The van der Waals surface area contributed by atoms with E-state index in [1.54, 1.807) is 26.0 Å². The summed E-state index contributed by atoms with van der Waals surface area (Å²) in [4.78, 5) is 41.5. The van der Waals surface area contributed by atoms with Gasteiger partial charge in [0.2, 0.25) is 0 Å². The molecule has 0 amide bonds. The fraction of sp³-hybridized carbons (Fsp3) is 0.310. The summed E-state index contributed by atoms with van der Waals surface area (Å²) < 4.78 is 27.6. The van der Waals surface area contributed by atoms with Crippen LogP contribution in [0, 0.1) is 6.92 Å². The van der Waals surface area contributed by atoms with Crippen LogP contribution < -0.4 is 25.2 Å². The Labute approximate surface area is 236 Å². The minimum Gasteiger partial charge on any atom is -0.464 e. The van der Waals surface area contributed by atoms with E-state index in [-0.39, 0.29) is 50.2 Å². The number of ether oxygens (including phenoxy) is 5. The van der Waals surface area contributed by atoms with Gasteiger partial charge in [0.1, 0.15) is 12.9 Å². The minimum atomic E-state index is -0.797. The molecule has 0 unspecified atom stereocenters. The lowest BCUT2D eigenvalue weighted by Crippen LogP contribution is -2.34. The van der Waals surface area contributed by atoms with Crippen molar-refractivity contribution in [2.24, 2.45) is 0 Å². The van der Waals surface area contributed by atoms with Gasteiger partial charge in [-0.3, -0.25) is 4.79 Å². The molecule has 4 aromatic rings. The Hall–Kier alpha value is -4.68. The number of anilines is 1. The first kappa shape index (κ1) is 29.3. The molecule has 0 bridgehead atoms. The van der Waals surface area contributed by atoms with Crippen molar-refractivity contribution in [3.8, 4) is 11.5 Å². The molecule has 0 fully saturated rings. The maximum atomic E-state index is 13.8. The number of carbonyl (C=O) groups is 1. The number of aryl methyl sites for hydroxylation is 1. The van der Waals surface area contributed by atoms with Crippen molar-refractivity contribution in [1.82, 2.24) is 14.7 Å². The molecule has 12 nitrogen and oxygen atoms in total. The number of hydrogen-bond acceptors (Lipinski definition) is 11. The molecule has 0 aliphatic heterocycles. The van der Waals surface area contributed by atoms with Crippen LogP contribution in [-0.4, -0.2) is 55.1 Å². The molecule has 0 spiro atoms. The second-order valence-electron chi connectivity index (χ2n) is 8.72. The van der Waals surface area contributed by atoms with Crippen molar-refractivity contribution >= 4 is 22.7 Å². The molecule has 0 aliphatic carbocycles.